The molecule has 0 spiro atoms. The van der Waals surface area contributed by atoms with Gasteiger partial charge in [-0.25, -0.2) is 15.0 Å². The molecule has 2 aromatic rings. The number of hydrogen-bond donors (Lipinski definition) is 5. The zero-order chi connectivity index (χ0) is 18.3. The van der Waals surface area contributed by atoms with Crippen LogP contribution in [0.25, 0.3) is 11.2 Å². The summed E-state index contributed by atoms with van der Waals surface area (Å²) in [6.07, 6.45) is 1.76. The van der Waals surface area contributed by atoms with Crippen LogP contribution < -0.4 is 5.32 Å². The molecule has 10 nitrogen and oxygen atoms in total. The number of rotatable bonds is 4. The lowest BCUT2D eigenvalue weighted by Gasteiger charge is -2.27. The molecule has 1 aliphatic heterocycles. The van der Waals surface area contributed by atoms with Gasteiger partial charge in [0.25, 0.3) is 0 Å². The fourth-order valence-electron chi connectivity index (χ4n) is 3.74. The molecule has 1 aliphatic carbocycles. The molecule has 2 aliphatic rings. The van der Waals surface area contributed by atoms with Crippen molar-refractivity contribution in [2.75, 3.05) is 11.9 Å². The largest absolute Gasteiger partial charge is 0.394 e. The lowest BCUT2D eigenvalue weighted by molar-refractivity contribution is -0.0511. The van der Waals surface area contributed by atoms with Gasteiger partial charge in [-0.1, -0.05) is 0 Å². The smallest absolute Gasteiger partial charge is 0.167 e. The lowest BCUT2D eigenvalue weighted by Crippen LogP contribution is -2.33. The molecule has 4 unspecified atom stereocenters. The minimum Gasteiger partial charge on any atom is -0.394 e. The molecule has 0 amide bonds. The number of fused-ring (bicyclic) bond motifs is 1. The summed E-state index contributed by atoms with van der Waals surface area (Å²) in [4.78, 5) is 12.8. The predicted molar refractivity (Wildman–Crippen MR) is 90.2 cm³/mol. The third-order valence-corrected chi connectivity index (χ3v) is 5.14. The van der Waals surface area contributed by atoms with Gasteiger partial charge in [0.05, 0.1) is 19.0 Å². The minimum absolute atomic E-state index is 0.107. The number of anilines is 1. The maximum Gasteiger partial charge on any atom is 0.167 e. The second kappa shape index (κ2) is 7.05. The summed E-state index contributed by atoms with van der Waals surface area (Å²) < 4.78 is 7.08. The van der Waals surface area contributed by atoms with E-state index in [1.807, 2.05) is 0 Å². The summed E-state index contributed by atoms with van der Waals surface area (Å²) >= 11 is 0. The number of aliphatic hydroxyl groups is 4. The van der Waals surface area contributed by atoms with Gasteiger partial charge in [0.1, 0.15) is 24.6 Å². The highest BCUT2D eigenvalue weighted by Crippen LogP contribution is 2.32. The molecule has 26 heavy (non-hydrogen) atoms. The maximum absolute atomic E-state index is 10.2. The number of hydrogen-bond acceptors (Lipinski definition) is 9. The topological polar surface area (TPSA) is 146 Å². The summed E-state index contributed by atoms with van der Waals surface area (Å²) in [5.41, 5.74) is 0.971. The molecular weight excluding hydrogens is 342 g/mol. The number of aromatic nitrogens is 4. The average Bonchev–Trinajstić information content (AvgIpc) is 3.18. The first-order valence-electron chi connectivity index (χ1n) is 8.83. The third kappa shape index (κ3) is 3.03. The van der Waals surface area contributed by atoms with E-state index in [0.717, 1.165) is 19.3 Å². The van der Waals surface area contributed by atoms with Crippen molar-refractivity contribution in [1.29, 1.82) is 0 Å². The van der Waals surface area contributed by atoms with E-state index in [-0.39, 0.29) is 12.1 Å². The highest BCUT2D eigenvalue weighted by Gasteiger charge is 2.44. The van der Waals surface area contributed by atoms with E-state index in [0.29, 0.717) is 23.4 Å². The molecule has 142 valence electrons. The quantitative estimate of drug-likeness (QED) is 0.468. The standard InChI is InChI=1S/C16H23N5O5/c22-5-10-12(24)13(25)16(26-10)21-7-19-11-14(17-6-18-15(11)21)20-8-2-1-3-9(23)4-8/h6-10,12-13,16,22-25H,1-5H2,(H,17,18,20)/t8?,9?,10-,12?,13?,16-/m1/s1. The van der Waals surface area contributed by atoms with Crippen molar-refractivity contribution >= 4 is 17.0 Å². The van der Waals surface area contributed by atoms with Gasteiger partial charge in [-0.05, 0) is 25.7 Å². The van der Waals surface area contributed by atoms with Gasteiger partial charge in [-0.2, -0.15) is 0 Å². The van der Waals surface area contributed by atoms with Crippen LogP contribution in [0.1, 0.15) is 31.9 Å². The fraction of sp³-hybridized carbons (Fsp3) is 0.688. The summed E-state index contributed by atoms with van der Waals surface area (Å²) in [7, 11) is 0. The van der Waals surface area contributed by atoms with E-state index in [4.69, 9.17) is 4.74 Å². The van der Waals surface area contributed by atoms with Crippen LogP contribution in [-0.4, -0.2) is 77.0 Å². The van der Waals surface area contributed by atoms with Crippen molar-refractivity contribution in [3.05, 3.63) is 12.7 Å². The Morgan fingerprint density at radius 2 is 2.00 bits per heavy atom. The lowest BCUT2D eigenvalue weighted by atomic mass is 9.93. The van der Waals surface area contributed by atoms with Gasteiger partial charge in [-0.3, -0.25) is 4.57 Å². The molecule has 1 saturated carbocycles. The van der Waals surface area contributed by atoms with E-state index in [9.17, 15) is 20.4 Å². The fourth-order valence-corrected chi connectivity index (χ4v) is 3.74. The summed E-state index contributed by atoms with van der Waals surface area (Å²) in [6.45, 7) is -0.396. The van der Waals surface area contributed by atoms with Crippen LogP contribution in [0.5, 0.6) is 0 Å². The van der Waals surface area contributed by atoms with Crippen molar-refractivity contribution in [2.45, 2.75) is 62.4 Å². The first kappa shape index (κ1) is 17.6. The van der Waals surface area contributed by atoms with Crippen LogP contribution in [0.15, 0.2) is 12.7 Å². The summed E-state index contributed by atoms with van der Waals surface area (Å²) in [6, 6.07) is 0.107. The average molecular weight is 365 g/mol. The molecule has 3 heterocycles. The van der Waals surface area contributed by atoms with Crippen LogP contribution >= 0.6 is 0 Å². The van der Waals surface area contributed by atoms with E-state index in [2.05, 4.69) is 20.3 Å². The second-order valence-electron chi connectivity index (χ2n) is 6.94. The molecular formula is C16H23N5O5. The van der Waals surface area contributed by atoms with E-state index >= 15 is 0 Å². The maximum atomic E-state index is 10.2. The van der Waals surface area contributed by atoms with E-state index in [1.54, 1.807) is 0 Å². The van der Waals surface area contributed by atoms with Crippen LogP contribution in [0, 0.1) is 0 Å². The van der Waals surface area contributed by atoms with Gasteiger partial charge in [0.15, 0.2) is 23.2 Å². The molecule has 0 bridgehead atoms. The normalized spacial score (nSPS) is 35.1. The Bertz CT molecular complexity index is 771. The van der Waals surface area contributed by atoms with Crippen molar-refractivity contribution < 1.29 is 25.2 Å². The van der Waals surface area contributed by atoms with Crippen LogP contribution in [0.3, 0.4) is 0 Å². The van der Waals surface area contributed by atoms with E-state index < -0.39 is 31.1 Å². The van der Waals surface area contributed by atoms with Crippen LogP contribution in [-0.2, 0) is 4.74 Å². The Morgan fingerprint density at radius 3 is 2.73 bits per heavy atom. The van der Waals surface area contributed by atoms with Crippen molar-refractivity contribution in [2.24, 2.45) is 0 Å². The molecule has 2 fully saturated rings. The van der Waals surface area contributed by atoms with Gasteiger partial charge in [-0.15, -0.1) is 0 Å². The summed E-state index contributed by atoms with van der Waals surface area (Å²) in [5.74, 6) is 0.555. The minimum atomic E-state index is -1.20. The van der Waals surface area contributed by atoms with Crippen molar-refractivity contribution in [3.63, 3.8) is 0 Å². The Labute approximate surface area is 149 Å². The zero-order valence-corrected chi connectivity index (χ0v) is 14.1. The predicted octanol–water partition coefficient (Wildman–Crippen LogP) is -0.847. The number of imidazole rings is 1. The number of nitrogens with zero attached hydrogens (tertiary/aromatic N) is 4. The number of aliphatic hydroxyl groups excluding tert-OH is 4. The third-order valence-electron chi connectivity index (χ3n) is 5.14. The Kier molecular flexibility index (Phi) is 4.76. The van der Waals surface area contributed by atoms with E-state index in [1.165, 1.54) is 17.2 Å². The van der Waals surface area contributed by atoms with Gasteiger partial charge >= 0.3 is 0 Å². The molecule has 5 N–H and O–H groups in total. The molecule has 0 aromatic carbocycles. The second-order valence-corrected chi connectivity index (χ2v) is 6.94. The number of ether oxygens (including phenoxy) is 1. The molecule has 2 aromatic heterocycles. The SMILES string of the molecule is OC[C@H]1O[C@@H](n2cnc3c(NC4CCCC(O)C4)ncnc32)C(O)C1O. The van der Waals surface area contributed by atoms with Crippen molar-refractivity contribution in [3.8, 4) is 0 Å². The Balaban J connectivity index is 1.61. The van der Waals surface area contributed by atoms with Crippen molar-refractivity contribution in [1.82, 2.24) is 19.5 Å². The first-order chi connectivity index (χ1) is 12.6. The Hall–Kier alpha value is -1.85. The molecule has 10 heteroatoms. The molecule has 6 atom stereocenters. The Morgan fingerprint density at radius 1 is 1.15 bits per heavy atom. The number of nitrogens with one attached hydrogen (secondary N) is 1. The monoisotopic (exact) mass is 365 g/mol. The van der Waals surface area contributed by atoms with Gasteiger partial charge in [0.2, 0.25) is 0 Å². The van der Waals surface area contributed by atoms with Gasteiger partial charge < -0.3 is 30.5 Å². The van der Waals surface area contributed by atoms with Crippen LogP contribution in [0.4, 0.5) is 5.82 Å². The highest BCUT2D eigenvalue weighted by atomic mass is 16.6. The first-order valence-corrected chi connectivity index (χ1v) is 8.83. The van der Waals surface area contributed by atoms with Crippen LogP contribution in [0.2, 0.25) is 0 Å². The summed E-state index contributed by atoms with van der Waals surface area (Å²) in [5, 5.41) is 42.6. The molecule has 0 radical (unpaired) electrons. The zero-order valence-electron chi connectivity index (χ0n) is 14.1. The molecule has 4 rings (SSSR count). The van der Waals surface area contributed by atoms with Gasteiger partial charge in [0, 0.05) is 6.04 Å². The highest BCUT2D eigenvalue weighted by molar-refractivity contribution is 5.82. The molecule has 1 saturated heterocycles.